The van der Waals surface area contributed by atoms with Gasteiger partial charge in [-0.15, -0.1) is 0 Å². The number of hydrogen-bond donors (Lipinski definition) is 3. The van der Waals surface area contributed by atoms with E-state index in [0.717, 1.165) is 5.56 Å². The van der Waals surface area contributed by atoms with Gasteiger partial charge in [0.2, 0.25) is 0 Å². The molecule has 1 fully saturated rings. The quantitative estimate of drug-likeness (QED) is 0.184. The summed E-state index contributed by atoms with van der Waals surface area (Å²) in [7, 11) is -4.18. The van der Waals surface area contributed by atoms with Gasteiger partial charge in [-0.1, -0.05) is 31.5 Å². The lowest BCUT2D eigenvalue weighted by Gasteiger charge is -2.27. The van der Waals surface area contributed by atoms with Gasteiger partial charge in [-0.3, -0.25) is 19.3 Å². The van der Waals surface area contributed by atoms with E-state index < -0.39 is 50.3 Å². The molecule has 0 spiro atoms. The number of rotatable bonds is 11. The van der Waals surface area contributed by atoms with Crippen LogP contribution in [0.25, 0.3) is 0 Å². The summed E-state index contributed by atoms with van der Waals surface area (Å²) in [5.74, 6) is -2.66. The van der Waals surface area contributed by atoms with E-state index >= 15 is 0 Å². The fraction of sp³-hybridized carbons (Fsp3) is 0.619. The van der Waals surface area contributed by atoms with E-state index in [1.807, 2.05) is 6.92 Å². The molecule has 0 aliphatic carbocycles. The van der Waals surface area contributed by atoms with Crippen LogP contribution in [0.2, 0.25) is 0 Å². The largest absolute Gasteiger partial charge is 0.465 e. The molecule has 2 rings (SSSR count). The van der Waals surface area contributed by atoms with Crippen molar-refractivity contribution >= 4 is 19.6 Å². The van der Waals surface area contributed by atoms with Crippen molar-refractivity contribution in [1.29, 1.82) is 0 Å². The molecule has 0 saturated carbocycles. The van der Waals surface area contributed by atoms with Crippen LogP contribution in [0, 0.1) is 12.8 Å². The number of carbonyl (C=O) groups excluding carboxylic acids is 2. The Bertz CT molecular complexity index is 860. The van der Waals surface area contributed by atoms with Crippen LogP contribution in [-0.4, -0.2) is 54.3 Å². The minimum Gasteiger partial charge on any atom is -0.465 e. The van der Waals surface area contributed by atoms with E-state index in [1.165, 1.54) is 5.48 Å². The second-order valence-corrected chi connectivity index (χ2v) is 10.1. The van der Waals surface area contributed by atoms with Gasteiger partial charge in [0, 0.05) is 0 Å². The monoisotopic (exact) mass is 488 g/mol. The Morgan fingerprint density at radius 1 is 1.21 bits per heavy atom. The van der Waals surface area contributed by atoms with Gasteiger partial charge >= 0.3 is 13.7 Å². The van der Waals surface area contributed by atoms with Gasteiger partial charge < -0.3 is 18.7 Å². The van der Waals surface area contributed by atoms with Crippen molar-refractivity contribution in [2.45, 2.75) is 65.6 Å². The maximum atomic E-state index is 13.7. The Hall–Kier alpha value is -2.01. The van der Waals surface area contributed by atoms with Crippen LogP contribution < -0.4 is 15.1 Å². The van der Waals surface area contributed by atoms with Gasteiger partial charge in [0.1, 0.15) is 17.9 Å². The predicted molar refractivity (Wildman–Crippen MR) is 118 cm³/mol. The third-order valence-electron chi connectivity index (χ3n) is 4.71. The van der Waals surface area contributed by atoms with Gasteiger partial charge in [0.25, 0.3) is 5.91 Å². The lowest BCUT2D eigenvalue weighted by atomic mass is 10.1. The molecule has 1 aliphatic rings. The number of aryl methyl sites for hydroxylation is 1. The molecule has 1 aromatic carbocycles. The van der Waals surface area contributed by atoms with Crippen molar-refractivity contribution in [2.24, 2.45) is 5.92 Å². The number of amides is 1. The van der Waals surface area contributed by atoms with Crippen LogP contribution in [0.5, 0.6) is 5.75 Å². The van der Waals surface area contributed by atoms with E-state index in [9.17, 15) is 14.2 Å². The molecule has 12 heteroatoms. The molecule has 3 N–H and O–H groups in total. The van der Waals surface area contributed by atoms with Crippen LogP contribution in [0.3, 0.4) is 0 Å². The molecule has 1 amide bonds. The first-order valence-electron chi connectivity index (χ1n) is 10.6. The van der Waals surface area contributed by atoms with Crippen molar-refractivity contribution < 1.29 is 42.6 Å². The van der Waals surface area contributed by atoms with Gasteiger partial charge in [0.15, 0.2) is 11.9 Å². The summed E-state index contributed by atoms with van der Waals surface area (Å²) in [6.07, 6.45) is -2.23. The molecule has 0 bridgehead atoms. The van der Waals surface area contributed by atoms with E-state index in [2.05, 4.69) is 5.09 Å². The van der Waals surface area contributed by atoms with E-state index in [0.29, 0.717) is 0 Å². The summed E-state index contributed by atoms with van der Waals surface area (Å²) in [5.41, 5.74) is 2.48. The summed E-state index contributed by atoms with van der Waals surface area (Å²) < 4.78 is 41.3. The molecule has 186 valence electrons. The highest BCUT2D eigenvalue weighted by molar-refractivity contribution is 7.52. The molecule has 0 radical (unpaired) electrons. The molecule has 1 unspecified atom stereocenters. The van der Waals surface area contributed by atoms with Gasteiger partial charge in [-0.05, 0) is 45.7 Å². The topological polar surface area (TPSA) is 142 Å². The highest BCUT2D eigenvalue weighted by atomic mass is 31.2. The first-order chi connectivity index (χ1) is 15.4. The van der Waals surface area contributed by atoms with Crippen LogP contribution in [0.15, 0.2) is 24.3 Å². The number of nitrogens with one attached hydrogen (secondary N) is 2. The molecule has 0 aromatic heterocycles. The number of carbonyl (C=O) groups is 2. The molecule has 1 saturated heterocycles. The normalized spacial score (nSPS) is 22.4. The number of hydrogen-bond acceptors (Lipinski definition) is 9. The van der Waals surface area contributed by atoms with Crippen LogP contribution in [0.4, 0.5) is 0 Å². The summed E-state index contributed by atoms with van der Waals surface area (Å²) in [4.78, 5) is 24.4. The fourth-order valence-corrected chi connectivity index (χ4v) is 4.79. The zero-order chi connectivity index (χ0) is 24.8. The zero-order valence-corrected chi connectivity index (χ0v) is 20.6. The minimum absolute atomic E-state index is 0.147. The number of ether oxygens (including phenoxy) is 3. The van der Waals surface area contributed by atoms with Crippen molar-refractivity contribution in [3.63, 3.8) is 0 Å². The average molecular weight is 488 g/mol. The lowest BCUT2D eigenvalue weighted by molar-refractivity contribution is -0.160. The molecular weight excluding hydrogens is 455 g/mol. The van der Waals surface area contributed by atoms with Gasteiger partial charge in [-0.2, -0.15) is 5.09 Å². The number of benzene rings is 1. The highest BCUT2D eigenvalue weighted by Crippen LogP contribution is 2.46. The molecule has 1 heterocycles. The third-order valence-corrected chi connectivity index (χ3v) is 6.25. The van der Waals surface area contributed by atoms with Crippen molar-refractivity contribution in [3.8, 4) is 5.75 Å². The maximum Gasteiger partial charge on any atom is 0.459 e. The van der Waals surface area contributed by atoms with Crippen LogP contribution >= 0.6 is 7.75 Å². The molecule has 1 aliphatic heterocycles. The Kier molecular flexibility index (Phi) is 9.42. The Morgan fingerprint density at radius 2 is 1.85 bits per heavy atom. The predicted octanol–water partition coefficient (Wildman–Crippen LogP) is 2.70. The molecule has 11 nitrogen and oxygen atoms in total. The Balaban J connectivity index is 2.27. The smallest absolute Gasteiger partial charge is 0.459 e. The maximum absolute atomic E-state index is 13.7. The summed E-state index contributed by atoms with van der Waals surface area (Å²) in [6.45, 7) is 9.98. The SMILES string of the molecule is CCOC(=O)[C@H](NP(=O)(OC[C@H]1OC(C)(C)O[C@H]1C(=O)NO)Oc1ccc(C)cc1)C(C)C. The lowest BCUT2D eigenvalue weighted by Crippen LogP contribution is -2.43. The third kappa shape index (κ3) is 7.77. The van der Waals surface area contributed by atoms with E-state index in [1.54, 1.807) is 58.9 Å². The average Bonchev–Trinajstić information content (AvgIpc) is 3.06. The van der Waals surface area contributed by atoms with Crippen molar-refractivity contribution in [1.82, 2.24) is 10.6 Å². The zero-order valence-electron chi connectivity index (χ0n) is 19.7. The van der Waals surface area contributed by atoms with Gasteiger partial charge in [0.05, 0.1) is 13.2 Å². The van der Waals surface area contributed by atoms with E-state index in [-0.39, 0.29) is 18.3 Å². The Morgan fingerprint density at radius 3 is 2.39 bits per heavy atom. The molecule has 33 heavy (non-hydrogen) atoms. The fourth-order valence-electron chi connectivity index (χ4n) is 3.12. The number of hydroxylamine groups is 1. The molecule has 1 aromatic rings. The number of esters is 1. The molecule has 4 atom stereocenters. The van der Waals surface area contributed by atoms with E-state index in [4.69, 9.17) is 28.5 Å². The van der Waals surface area contributed by atoms with Gasteiger partial charge in [-0.25, -0.2) is 10.0 Å². The second-order valence-electron chi connectivity index (χ2n) is 8.37. The first-order valence-corrected chi connectivity index (χ1v) is 12.2. The van der Waals surface area contributed by atoms with Crippen LogP contribution in [-0.2, 0) is 32.9 Å². The van der Waals surface area contributed by atoms with Crippen LogP contribution in [0.1, 0.15) is 40.2 Å². The summed E-state index contributed by atoms with van der Waals surface area (Å²) in [6, 6.07) is 5.77. The summed E-state index contributed by atoms with van der Waals surface area (Å²) in [5, 5.41) is 11.7. The highest BCUT2D eigenvalue weighted by Gasteiger charge is 2.47. The summed E-state index contributed by atoms with van der Waals surface area (Å²) >= 11 is 0. The van der Waals surface area contributed by atoms with Crippen molar-refractivity contribution in [2.75, 3.05) is 13.2 Å². The second kappa shape index (κ2) is 11.4. The molecular formula is C21H33N2O9P. The standard InChI is InChI=1S/C21H33N2O9P/c1-7-28-20(25)17(13(2)3)23-33(27,32-15-10-8-14(4)9-11-15)29-12-16-18(19(24)22-26)31-21(5,6)30-16/h8-11,13,16-18,26H,7,12H2,1-6H3,(H,22,24)(H,23,27)/t16-,17-,18-,33?/m1/s1. The minimum atomic E-state index is -4.18. The first kappa shape index (κ1) is 27.2. The Labute approximate surface area is 193 Å². The van der Waals surface area contributed by atoms with Crippen molar-refractivity contribution in [3.05, 3.63) is 29.8 Å².